The molecule has 0 bridgehead atoms. The van der Waals surface area contributed by atoms with Gasteiger partial charge in [-0.15, -0.1) is 0 Å². The molecule has 0 unspecified atom stereocenters. The zero-order valence-electron chi connectivity index (χ0n) is 31.1. The van der Waals surface area contributed by atoms with E-state index in [1.807, 2.05) is 6.92 Å². The molecule has 3 aliphatic rings. The van der Waals surface area contributed by atoms with Crippen molar-refractivity contribution in [2.24, 2.45) is 15.3 Å². The highest BCUT2D eigenvalue weighted by atomic mass is 16.5. The minimum absolute atomic E-state index is 0.208. The first-order valence-corrected chi connectivity index (χ1v) is 17.5. The predicted octanol–water partition coefficient (Wildman–Crippen LogP) is 0.829. The van der Waals surface area contributed by atoms with Crippen molar-refractivity contribution in [3.8, 4) is 0 Å². The molecule has 0 radical (unpaired) electrons. The molecule has 26 heteroatoms. The van der Waals surface area contributed by atoms with Crippen molar-refractivity contribution in [2.75, 3.05) is 13.2 Å². The number of aromatic amines is 3. The van der Waals surface area contributed by atoms with Crippen LogP contribution < -0.4 is 33.7 Å². The quantitative estimate of drug-likeness (QED) is 0.115. The third kappa shape index (κ3) is 10.3. The van der Waals surface area contributed by atoms with E-state index in [4.69, 9.17) is 41.0 Å². The Balaban J connectivity index is 0.000000189. The first kappa shape index (κ1) is 43.5. The highest BCUT2D eigenvalue weighted by Gasteiger charge is 2.37. The lowest BCUT2D eigenvalue weighted by molar-refractivity contribution is -0.0272. The number of nitrogens with one attached hydrogen (secondary N) is 3. The molecule has 3 fully saturated rings. The second-order valence-corrected chi connectivity index (χ2v) is 13.1. The molecule has 0 spiro atoms. The Morgan fingerprint density at radius 2 is 0.877 bits per heavy atom. The van der Waals surface area contributed by atoms with Gasteiger partial charge in [-0.1, -0.05) is 22.3 Å². The van der Waals surface area contributed by atoms with E-state index in [0.29, 0.717) is 29.5 Å². The topological polar surface area (TPSA) is 379 Å². The van der Waals surface area contributed by atoms with Crippen molar-refractivity contribution < 1.29 is 24.4 Å². The summed E-state index contributed by atoms with van der Waals surface area (Å²) in [6.07, 6.45) is 2.52. The van der Waals surface area contributed by atoms with Crippen molar-refractivity contribution in [3.63, 3.8) is 0 Å². The Labute approximate surface area is 319 Å². The first-order chi connectivity index (χ1) is 27.2. The van der Waals surface area contributed by atoms with Crippen LogP contribution in [0.25, 0.3) is 31.3 Å². The molecule has 3 aromatic heterocycles. The van der Waals surface area contributed by atoms with Crippen molar-refractivity contribution in [3.05, 3.63) is 129 Å². The van der Waals surface area contributed by atoms with Gasteiger partial charge in [0.2, 0.25) is 0 Å². The zero-order chi connectivity index (χ0) is 42.0. The molecule has 0 aromatic carbocycles. The molecule has 6 heterocycles. The fourth-order valence-electron chi connectivity index (χ4n) is 6.32. The Kier molecular flexibility index (Phi) is 14.9. The van der Waals surface area contributed by atoms with Crippen LogP contribution in [0.15, 0.2) is 62.7 Å². The molecule has 0 aliphatic carbocycles. The third-order valence-corrected chi connectivity index (χ3v) is 9.34. The lowest BCUT2D eigenvalue weighted by Crippen LogP contribution is -2.33. The summed E-state index contributed by atoms with van der Waals surface area (Å²) in [6, 6.07) is -1.38. The summed E-state index contributed by atoms with van der Waals surface area (Å²) in [5.41, 5.74) is 23.5. The van der Waals surface area contributed by atoms with Gasteiger partial charge in [-0.25, -0.2) is 14.4 Å². The maximum Gasteiger partial charge on any atom is 0.330 e. The van der Waals surface area contributed by atoms with Crippen LogP contribution in [0.4, 0.5) is 0 Å². The number of aromatic nitrogens is 6. The van der Waals surface area contributed by atoms with Crippen LogP contribution in [0, 0.1) is 20.8 Å². The minimum atomic E-state index is -0.671. The molecule has 3 aliphatic heterocycles. The molecular formula is C31H41N15O11. The molecular weight excluding hydrogens is 758 g/mol. The monoisotopic (exact) mass is 799 g/mol. The smallest absolute Gasteiger partial charge is 0.330 e. The second-order valence-electron chi connectivity index (χ2n) is 13.1. The molecule has 9 atom stereocenters. The number of hydrogen-bond acceptors (Lipinski definition) is 14. The maximum atomic E-state index is 11.8. The van der Waals surface area contributed by atoms with Crippen LogP contribution in [0.3, 0.4) is 0 Å². The molecule has 6 rings (SSSR count). The highest BCUT2D eigenvalue weighted by molar-refractivity contribution is 5.04. The number of rotatable bonds is 9. The van der Waals surface area contributed by atoms with E-state index in [9.17, 15) is 28.8 Å². The minimum Gasteiger partial charge on any atom is -0.394 e. The summed E-state index contributed by atoms with van der Waals surface area (Å²) in [4.78, 5) is 83.8. The van der Waals surface area contributed by atoms with Gasteiger partial charge in [0.15, 0.2) is 0 Å². The number of H-pyrrole nitrogens is 3. The first-order valence-electron chi connectivity index (χ1n) is 17.5. The number of nitrogens with zero attached hydrogens (tertiary/aromatic N) is 12. The maximum absolute atomic E-state index is 11.8. The van der Waals surface area contributed by atoms with Crippen molar-refractivity contribution in [1.29, 1.82) is 0 Å². The van der Waals surface area contributed by atoms with E-state index in [1.165, 1.54) is 32.3 Å². The van der Waals surface area contributed by atoms with E-state index in [2.05, 4.69) is 45.0 Å². The summed E-state index contributed by atoms with van der Waals surface area (Å²) < 4.78 is 20.4. The van der Waals surface area contributed by atoms with Crippen LogP contribution in [0.5, 0.6) is 0 Å². The number of aryl methyl sites for hydroxylation is 3. The fraction of sp³-hybridized carbons (Fsp3) is 0.613. The largest absolute Gasteiger partial charge is 0.394 e. The van der Waals surface area contributed by atoms with Crippen LogP contribution in [-0.2, 0) is 14.2 Å². The summed E-state index contributed by atoms with van der Waals surface area (Å²) in [5, 5.41) is 29.0. The lowest BCUT2D eigenvalue weighted by Gasteiger charge is -2.15. The number of aliphatic hydroxyl groups excluding tert-OH is 2. The SMILES string of the molecule is CC[C@H]1O[C@@H](n2cc(C)c(=O)[nH]c2=O)C[C@H]1N=[N+]=[N-].Cc1cn([C@H]2C[C@@H](N=[N+]=[N-])[C@@H](CO)O2)c(=O)[nH]c1=O.Cc1cn([C@H]2C[C@@H](N=[N+]=[N-])[C@@H](CO)O2)c(=O)[nH]c1=O. The summed E-state index contributed by atoms with van der Waals surface area (Å²) in [7, 11) is 0. The average Bonchev–Trinajstić information content (AvgIpc) is 3.90. The molecule has 0 amide bonds. The van der Waals surface area contributed by atoms with Gasteiger partial charge in [-0.3, -0.25) is 43.0 Å². The van der Waals surface area contributed by atoms with Gasteiger partial charge < -0.3 is 24.4 Å². The van der Waals surface area contributed by atoms with Crippen molar-refractivity contribution >= 4 is 0 Å². The molecule has 57 heavy (non-hydrogen) atoms. The third-order valence-electron chi connectivity index (χ3n) is 9.34. The van der Waals surface area contributed by atoms with Crippen LogP contribution >= 0.6 is 0 Å². The van der Waals surface area contributed by atoms with Crippen molar-refractivity contribution in [1.82, 2.24) is 28.7 Å². The Bertz CT molecular complexity index is 2150. The Morgan fingerprint density at radius 1 is 0.596 bits per heavy atom. The van der Waals surface area contributed by atoms with Crippen LogP contribution in [0.1, 0.15) is 68.0 Å². The van der Waals surface area contributed by atoms with Gasteiger partial charge in [0.1, 0.15) is 18.7 Å². The van der Waals surface area contributed by atoms with Gasteiger partial charge >= 0.3 is 17.1 Å². The number of hydrogen-bond donors (Lipinski definition) is 5. The lowest BCUT2D eigenvalue weighted by atomic mass is 10.1. The van der Waals surface area contributed by atoms with E-state index < -0.39 is 76.7 Å². The van der Waals surface area contributed by atoms with Crippen LogP contribution in [0.2, 0.25) is 0 Å². The van der Waals surface area contributed by atoms with Crippen LogP contribution in [-0.4, -0.2) is 88.5 Å². The van der Waals surface area contributed by atoms with E-state index in [-0.39, 0.29) is 38.2 Å². The molecule has 306 valence electrons. The fourth-order valence-corrected chi connectivity index (χ4v) is 6.32. The van der Waals surface area contributed by atoms with E-state index >= 15 is 0 Å². The van der Waals surface area contributed by atoms with Gasteiger partial charge in [0, 0.05) is 69.3 Å². The summed E-state index contributed by atoms with van der Waals surface area (Å²) in [5.74, 6) is 0. The van der Waals surface area contributed by atoms with Crippen molar-refractivity contribution in [2.45, 2.75) is 108 Å². The Morgan fingerprint density at radius 3 is 1.14 bits per heavy atom. The summed E-state index contributed by atoms with van der Waals surface area (Å²) in [6.45, 7) is 6.06. The summed E-state index contributed by atoms with van der Waals surface area (Å²) >= 11 is 0. The number of aliphatic hydroxyl groups is 2. The molecule has 3 aromatic rings. The Hall–Kier alpha value is -6.23. The molecule has 26 nitrogen and oxygen atoms in total. The average molecular weight is 800 g/mol. The second kappa shape index (κ2) is 19.6. The van der Waals surface area contributed by atoms with Gasteiger partial charge in [0.05, 0.1) is 49.7 Å². The molecule has 0 saturated carbocycles. The normalized spacial score (nSPS) is 26.1. The molecule has 5 N–H and O–H groups in total. The molecule has 3 saturated heterocycles. The number of ether oxygens (including phenoxy) is 3. The number of azide groups is 3. The van der Waals surface area contributed by atoms with Gasteiger partial charge in [-0.05, 0) is 43.8 Å². The zero-order valence-corrected chi connectivity index (χ0v) is 31.1. The highest BCUT2D eigenvalue weighted by Crippen LogP contribution is 2.32. The predicted molar refractivity (Wildman–Crippen MR) is 197 cm³/mol. The standard InChI is InChI=1S/C11H15N5O3.2C10H13N5O4/c1-3-8-7(14-15-12)4-9(19-8)16-5-6(2)10(17)13-11(16)18;2*1-5-3-15(10(18)12-9(5)17)8-2-6(13-14-11)7(4-16)19-8/h5,7-9H,3-4H2,1-2H3,(H,13,17,18);2*3,6-8,16H,2,4H2,1H3,(H,12,17,18)/t7-,8-,9-;2*6-,7-,8-/m111/s1. The van der Waals surface area contributed by atoms with Gasteiger partial charge in [-0.2, -0.15) is 0 Å². The van der Waals surface area contributed by atoms with E-state index in [1.54, 1.807) is 20.8 Å². The van der Waals surface area contributed by atoms with Gasteiger partial charge in [0.25, 0.3) is 16.7 Å². The van der Waals surface area contributed by atoms with E-state index in [0.717, 1.165) is 0 Å².